The van der Waals surface area contributed by atoms with Crippen molar-refractivity contribution >= 4 is 17.5 Å². The maximum Gasteiger partial charge on any atom is 0.225 e. The monoisotopic (exact) mass is 435 g/mol. The van der Waals surface area contributed by atoms with E-state index in [0.717, 1.165) is 50.0 Å². The Balaban J connectivity index is 1.36. The van der Waals surface area contributed by atoms with E-state index in [0.29, 0.717) is 6.54 Å². The molecular weight excluding hydrogens is 398 g/mol. The lowest BCUT2D eigenvalue weighted by atomic mass is 9.95. The molecule has 2 aliphatic heterocycles. The third-order valence-corrected chi connectivity index (χ3v) is 7.11. The fourth-order valence-electron chi connectivity index (χ4n) is 5.01. The van der Waals surface area contributed by atoms with Crippen molar-refractivity contribution in [1.82, 2.24) is 15.5 Å². The van der Waals surface area contributed by atoms with Crippen LogP contribution in [0.5, 0.6) is 0 Å². The number of hydrogen-bond acceptors (Lipinski definition) is 5. The predicted molar refractivity (Wildman–Crippen MR) is 130 cm³/mol. The molecule has 2 fully saturated rings. The summed E-state index contributed by atoms with van der Waals surface area (Å²) in [5.41, 5.74) is 3.65. The summed E-state index contributed by atoms with van der Waals surface area (Å²) in [5, 5.41) is 12.3. The van der Waals surface area contributed by atoms with E-state index in [1.54, 1.807) is 0 Å². The van der Waals surface area contributed by atoms with E-state index in [2.05, 4.69) is 83.3 Å². The van der Waals surface area contributed by atoms with Crippen molar-refractivity contribution in [2.45, 2.75) is 59.4 Å². The maximum atomic E-state index is 13.0. The topological polar surface area (TPSA) is 61.4 Å². The van der Waals surface area contributed by atoms with Crippen LogP contribution in [-0.2, 0) is 4.79 Å². The van der Waals surface area contributed by atoms with Crippen molar-refractivity contribution in [1.29, 1.82) is 0 Å². The summed E-state index contributed by atoms with van der Waals surface area (Å²) in [6.07, 6.45) is 4.34. The Kier molecular flexibility index (Phi) is 6.97. The molecule has 2 aliphatic rings. The normalized spacial score (nSPS) is 20.8. The molecule has 0 aliphatic carbocycles. The molecule has 0 spiro atoms. The van der Waals surface area contributed by atoms with Crippen LogP contribution in [0.15, 0.2) is 30.3 Å². The summed E-state index contributed by atoms with van der Waals surface area (Å²) in [6.45, 7) is 12.3. The highest BCUT2D eigenvalue weighted by molar-refractivity contribution is 5.80. The molecule has 2 aromatic rings. The summed E-state index contributed by atoms with van der Waals surface area (Å²) in [7, 11) is 0. The quantitative estimate of drug-likeness (QED) is 0.753. The van der Waals surface area contributed by atoms with Gasteiger partial charge in [0.05, 0.1) is 12.0 Å². The zero-order valence-electron chi connectivity index (χ0n) is 20.0. The Hall–Kier alpha value is -2.63. The SMILES string of the molecule is Cc1ccc([C@H](C)NC(=O)[C@@H]2CCCN(c3ccc(N4CCC(C)CC4)nn3)C2)c(C)c1. The van der Waals surface area contributed by atoms with Gasteiger partial charge in [-0.3, -0.25) is 4.79 Å². The summed E-state index contributed by atoms with van der Waals surface area (Å²) in [5.74, 6) is 2.75. The Morgan fingerprint density at radius 2 is 1.69 bits per heavy atom. The van der Waals surface area contributed by atoms with Gasteiger partial charge in [-0.1, -0.05) is 30.7 Å². The smallest absolute Gasteiger partial charge is 0.225 e. The molecular formula is C26H37N5O. The number of nitrogens with zero attached hydrogens (tertiary/aromatic N) is 4. The predicted octanol–water partition coefficient (Wildman–Crippen LogP) is 4.42. The standard InChI is InChI=1S/C26H37N5O/c1-18-11-14-30(15-12-18)24-9-10-25(29-28-24)31-13-5-6-22(17-31)26(32)27-21(4)23-8-7-19(2)16-20(23)3/h7-10,16,18,21-22H,5-6,11-15,17H2,1-4H3,(H,27,32)/t21-,22+/m0/s1. The highest BCUT2D eigenvalue weighted by Gasteiger charge is 2.28. The molecule has 4 rings (SSSR count). The molecule has 6 nitrogen and oxygen atoms in total. The Morgan fingerprint density at radius 3 is 2.34 bits per heavy atom. The van der Waals surface area contributed by atoms with Crippen LogP contribution in [0.2, 0.25) is 0 Å². The number of rotatable bonds is 5. The Labute approximate surface area is 192 Å². The molecule has 6 heteroatoms. The van der Waals surface area contributed by atoms with Gasteiger partial charge in [0.15, 0.2) is 11.6 Å². The lowest BCUT2D eigenvalue weighted by molar-refractivity contribution is -0.125. The van der Waals surface area contributed by atoms with E-state index in [1.165, 1.54) is 29.5 Å². The van der Waals surface area contributed by atoms with Gasteiger partial charge in [-0.25, -0.2) is 0 Å². The number of carbonyl (C=O) groups is 1. The van der Waals surface area contributed by atoms with E-state index in [-0.39, 0.29) is 17.9 Å². The van der Waals surface area contributed by atoms with E-state index < -0.39 is 0 Å². The van der Waals surface area contributed by atoms with Crippen LogP contribution in [0.4, 0.5) is 11.6 Å². The van der Waals surface area contributed by atoms with Crippen LogP contribution in [-0.4, -0.2) is 42.3 Å². The van der Waals surface area contributed by atoms with E-state index >= 15 is 0 Å². The van der Waals surface area contributed by atoms with Gasteiger partial charge >= 0.3 is 0 Å². The zero-order valence-corrected chi connectivity index (χ0v) is 20.0. The molecule has 32 heavy (non-hydrogen) atoms. The fourth-order valence-corrected chi connectivity index (χ4v) is 5.01. The average molecular weight is 436 g/mol. The van der Waals surface area contributed by atoms with Crippen molar-refractivity contribution in [2.75, 3.05) is 36.0 Å². The number of anilines is 2. The van der Waals surface area contributed by atoms with Crippen LogP contribution in [0, 0.1) is 25.7 Å². The second-order valence-electron chi connectivity index (χ2n) is 9.79. The van der Waals surface area contributed by atoms with Gasteiger partial charge in [-0.15, -0.1) is 10.2 Å². The van der Waals surface area contributed by atoms with Crippen molar-refractivity contribution in [2.24, 2.45) is 11.8 Å². The van der Waals surface area contributed by atoms with Gasteiger partial charge in [-0.2, -0.15) is 0 Å². The summed E-state index contributed by atoms with van der Waals surface area (Å²) in [4.78, 5) is 17.6. The van der Waals surface area contributed by atoms with Gasteiger partial charge in [0.1, 0.15) is 0 Å². The van der Waals surface area contributed by atoms with Crippen LogP contribution in [0.1, 0.15) is 62.3 Å². The minimum absolute atomic E-state index is 0.00446. The van der Waals surface area contributed by atoms with Crippen molar-refractivity contribution < 1.29 is 4.79 Å². The first-order chi connectivity index (χ1) is 15.4. The number of carbonyl (C=O) groups excluding carboxylic acids is 1. The summed E-state index contributed by atoms with van der Waals surface area (Å²) < 4.78 is 0. The third-order valence-electron chi connectivity index (χ3n) is 7.11. The molecule has 2 saturated heterocycles. The van der Waals surface area contributed by atoms with Gasteiger partial charge < -0.3 is 15.1 Å². The number of nitrogens with one attached hydrogen (secondary N) is 1. The first-order valence-corrected chi connectivity index (χ1v) is 12.1. The number of hydrogen-bond donors (Lipinski definition) is 1. The van der Waals surface area contributed by atoms with Gasteiger partial charge in [-0.05, 0) is 75.6 Å². The minimum Gasteiger partial charge on any atom is -0.355 e. The highest BCUT2D eigenvalue weighted by Crippen LogP contribution is 2.26. The van der Waals surface area contributed by atoms with Gasteiger partial charge in [0.25, 0.3) is 0 Å². The number of amides is 1. The molecule has 1 amide bonds. The van der Waals surface area contributed by atoms with Crippen LogP contribution >= 0.6 is 0 Å². The number of benzene rings is 1. The average Bonchev–Trinajstić information content (AvgIpc) is 2.79. The first kappa shape index (κ1) is 22.6. The fraction of sp³-hybridized carbons (Fsp3) is 0.577. The number of aromatic nitrogens is 2. The largest absolute Gasteiger partial charge is 0.355 e. The molecule has 0 unspecified atom stereocenters. The van der Waals surface area contributed by atoms with E-state index in [9.17, 15) is 4.79 Å². The third kappa shape index (κ3) is 5.22. The number of aryl methyl sites for hydroxylation is 2. The second-order valence-corrected chi connectivity index (χ2v) is 9.79. The summed E-state index contributed by atoms with van der Waals surface area (Å²) in [6, 6.07) is 10.6. The molecule has 2 atom stereocenters. The van der Waals surface area contributed by atoms with Crippen LogP contribution < -0.4 is 15.1 Å². The van der Waals surface area contributed by atoms with Crippen molar-refractivity contribution in [3.8, 4) is 0 Å². The summed E-state index contributed by atoms with van der Waals surface area (Å²) >= 11 is 0. The van der Waals surface area contributed by atoms with E-state index in [1.807, 2.05) is 0 Å². The molecule has 172 valence electrons. The molecule has 3 heterocycles. The van der Waals surface area contributed by atoms with Crippen LogP contribution in [0.25, 0.3) is 0 Å². The number of piperidine rings is 2. The minimum atomic E-state index is -0.0259. The highest BCUT2D eigenvalue weighted by atomic mass is 16.2. The van der Waals surface area contributed by atoms with E-state index in [4.69, 9.17) is 0 Å². The molecule has 1 aromatic carbocycles. The van der Waals surface area contributed by atoms with Gasteiger partial charge in [0, 0.05) is 26.2 Å². The zero-order chi connectivity index (χ0) is 22.7. The van der Waals surface area contributed by atoms with Gasteiger partial charge in [0.2, 0.25) is 5.91 Å². The Morgan fingerprint density at radius 1 is 1.00 bits per heavy atom. The Bertz CT molecular complexity index is 920. The lowest BCUT2D eigenvalue weighted by Gasteiger charge is -2.34. The molecule has 0 bridgehead atoms. The maximum absolute atomic E-state index is 13.0. The molecule has 0 radical (unpaired) electrons. The first-order valence-electron chi connectivity index (χ1n) is 12.1. The molecule has 1 N–H and O–H groups in total. The lowest BCUT2D eigenvalue weighted by Crippen LogP contribution is -2.44. The molecule has 0 saturated carbocycles. The second kappa shape index (κ2) is 9.88. The molecule has 1 aromatic heterocycles. The van der Waals surface area contributed by atoms with Crippen molar-refractivity contribution in [3.05, 3.63) is 47.0 Å². The van der Waals surface area contributed by atoms with Crippen molar-refractivity contribution in [3.63, 3.8) is 0 Å². The van der Waals surface area contributed by atoms with Crippen LogP contribution in [0.3, 0.4) is 0 Å².